The fraction of sp³-hybridized carbons (Fsp3) is 0.154. The predicted octanol–water partition coefficient (Wildman–Crippen LogP) is 3.42. The number of fused-ring (bicyclic) bond motifs is 1. The summed E-state index contributed by atoms with van der Waals surface area (Å²) in [4.78, 5) is 12.8. The van der Waals surface area contributed by atoms with Crippen LogP contribution in [-0.4, -0.2) is 21.2 Å². The van der Waals surface area contributed by atoms with Gasteiger partial charge in [0.15, 0.2) is 4.34 Å². The first-order valence-corrected chi connectivity index (χ1v) is 7.82. The first-order valence-electron chi connectivity index (χ1n) is 5.78. The van der Waals surface area contributed by atoms with E-state index in [9.17, 15) is 0 Å². The molecule has 1 N–H and O–H groups in total. The zero-order valence-electron chi connectivity index (χ0n) is 10.3. The molecule has 0 radical (unpaired) electrons. The molecule has 0 unspecified atom stereocenters. The van der Waals surface area contributed by atoms with Crippen LogP contribution in [0.5, 0.6) is 0 Å². The molecule has 0 saturated heterocycles. The van der Waals surface area contributed by atoms with E-state index < -0.39 is 0 Å². The summed E-state index contributed by atoms with van der Waals surface area (Å²) in [5.41, 5.74) is 3.06. The molecule has 0 atom stereocenters. The Kier molecular flexibility index (Phi) is 3.61. The van der Waals surface area contributed by atoms with E-state index in [1.807, 2.05) is 18.4 Å². The largest absolute Gasteiger partial charge is 0.379 e. The van der Waals surface area contributed by atoms with E-state index in [4.69, 9.17) is 0 Å². The number of hydrogen-bond acceptors (Lipinski definition) is 6. The zero-order chi connectivity index (χ0) is 13.1. The summed E-state index contributed by atoms with van der Waals surface area (Å²) < 4.78 is 2.30. The van der Waals surface area contributed by atoms with Gasteiger partial charge in [0.2, 0.25) is 0 Å². The molecule has 3 aromatic rings. The van der Waals surface area contributed by atoms with E-state index in [2.05, 4.69) is 26.3 Å². The van der Waals surface area contributed by atoms with Crippen LogP contribution in [0.2, 0.25) is 0 Å². The molecule has 0 aliphatic carbocycles. The van der Waals surface area contributed by atoms with Gasteiger partial charge in [0, 0.05) is 18.1 Å². The number of nitrogens with zero attached hydrogens (tertiary/aromatic N) is 3. The highest BCUT2D eigenvalue weighted by Crippen LogP contribution is 2.29. The maximum absolute atomic E-state index is 4.52. The van der Waals surface area contributed by atoms with Crippen LogP contribution in [0.3, 0.4) is 0 Å². The van der Waals surface area contributed by atoms with Crippen molar-refractivity contribution >= 4 is 39.0 Å². The molecule has 0 fully saturated rings. The quantitative estimate of drug-likeness (QED) is 0.745. The van der Waals surface area contributed by atoms with Crippen LogP contribution < -0.4 is 5.32 Å². The van der Waals surface area contributed by atoms with Crippen molar-refractivity contribution in [3.05, 3.63) is 42.5 Å². The smallest absolute Gasteiger partial charge is 0.150 e. The van der Waals surface area contributed by atoms with Gasteiger partial charge < -0.3 is 5.32 Å². The minimum absolute atomic E-state index is 0.674. The molecule has 6 heteroatoms. The number of rotatable bonds is 4. The van der Waals surface area contributed by atoms with Crippen molar-refractivity contribution in [2.75, 3.05) is 11.6 Å². The van der Waals surface area contributed by atoms with Crippen LogP contribution in [0.4, 0.5) is 5.69 Å². The molecule has 2 heterocycles. The number of thiazole rings is 1. The van der Waals surface area contributed by atoms with E-state index in [-0.39, 0.29) is 0 Å². The lowest BCUT2D eigenvalue weighted by Crippen LogP contribution is -2.01. The second kappa shape index (κ2) is 5.54. The average Bonchev–Trinajstić information content (AvgIpc) is 2.88. The predicted molar refractivity (Wildman–Crippen MR) is 80.8 cm³/mol. The summed E-state index contributed by atoms with van der Waals surface area (Å²) in [6.45, 7) is 0.674. The third-order valence-electron chi connectivity index (χ3n) is 2.63. The summed E-state index contributed by atoms with van der Waals surface area (Å²) >= 11 is 3.40. The van der Waals surface area contributed by atoms with Crippen LogP contribution in [0.25, 0.3) is 10.2 Å². The molecule has 19 heavy (non-hydrogen) atoms. The summed E-state index contributed by atoms with van der Waals surface area (Å²) in [6.07, 6.45) is 7.19. The van der Waals surface area contributed by atoms with E-state index in [0.717, 1.165) is 21.2 Å². The van der Waals surface area contributed by atoms with E-state index in [1.165, 1.54) is 4.70 Å². The highest BCUT2D eigenvalue weighted by Gasteiger charge is 2.03. The Labute approximate surface area is 119 Å². The lowest BCUT2D eigenvalue weighted by atomic mass is 10.3. The minimum atomic E-state index is 0.674. The molecule has 0 aliphatic rings. The SMILES string of the molecule is CSc1nc2ccc(NCc3cnccn3)cc2s1. The number of benzene rings is 1. The van der Waals surface area contributed by atoms with Gasteiger partial charge in [0.05, 0.1) is 28.7 Å². The number of nitrogens with one attached hydrogen (secondary N) is 1. The summed E-state index contributed by atoms with van der Waals surface area (Å²) in [6, 6.07) is 6.22. The standard InChI is InChI=1S/C13H12N4S2/c1-18-13-17-11-3-2-9(6-12(11)19-13)16-8-10-7-14-4-5-15-10/h2-7,16H,8H2,1H3. The molecule has 0 spiro atoms. The van der Waals surface area contributed by atoms with Crippen molar-refractivity contribution < 1.29 is 0 Å². The van der Waals surface area contributed by atoms with Gasteiger partial charge in [0.25, 0.3) is 0 Å². The Balaban J connectivity index is 1.78. The number of aromatic nitrogens is 3. The van der Waals surface area contributed by atoms with E-state index in [1.54, 1.807) is 41.7 Å². The number of thioether (sulfide) groups is 1. The Morgan fingerprint density at radius 2 is 2.26 bits per heavy atom. The molecule has 0 aliphatic heterocycles. The van der Waals surface area contributed by atoms with Crippen LogP contribution in [0.15, 0.2) is 41.1 Å². The van der Waals surface area contributed by atoms with Gasteiger partial charge in [-0.2, -0.15) is 0 Å². The summed E-state index contributed by atoms with van der Waals surface area (Å²) in [5.74, 6) is 0. The third-order valence-corrected chi connectivity index (χ3v) is 4.64. The fourth-order valence-corrected chi connectivity index (χ4v) is 3.24. The second-order valence-electron chi connectivity index (χ2n) is 3.92. The van der Waals surface area contributed by atoms with Crippen molar-refractivity contribution in [2.24, 2.45) is 0 Å². The molecule has 1 aromatic carbocycles. The zero-order valence-corrected chi connectivity index (χ0v) is 12.0. The first-order chi connectivity index (χ1) is 9.35. The number of anilines is 1. The molecule has 2 aromatic heterocycles. The number of hydrogen-bond donors (Lipinski definition) is 1. The second-order valence-corrected chi connectivity index (χ2v) is 6.00. The van der Waals surface area contributed by atoms with Crippen LogP contribution in [0.1, 0.15) is 5.69 Å². The summed E-state index contributed by atoms with van der Waals surface area (Å²) in [5, 5.41) is 3.35. The van der Waals surface area contributed by atoms with Gasteiger partial charge in [-0.05, 0) is 24.5 Å². The maximum Gasteiger partial charge on any atom is 0.150 e. The first kappa shape index (κ1) is 12.4. The monoisotopic (exact) mass is 288 g/mol. The van der Waals surface area contributed by atoms with Crippen molar-refractivity contribution in [1.82, 2.24) is 15.0 Å². The van der Waals surface area contributed by atoms with E-state index in [0.29, 0.717) is 6.54 Å². The minimum Gasteiger partial charge on any atom is -0.379 e. The van der Waals surface area contributed by atoms with Gasteiger partial charge >= 0.3 is 0 Å². The van der Waals surface area contributed by atoms with Gasteiger partial charge in [0.1, 0.15) is 0 Å². The normalized spacial score (nSPS) is 10.8. The Morgan fingerprint density at radius 1 is 1.32 bits per heavy atom. The van der Waals surface area contributed by atoms with Crippen LogP contribution in [0, 0.1) is 0 Å². The maximum atomic E-state index is 4.52. The average molecular weight is 288 g/mol. The molecule has 0 bridgehead atoms. The molecular weight excluding hydrogens is 276 g/mol. The molecule has 3 rings (SSSR count). The molecular formula is C13H12N4S2. The molecule has 0 amide bonds. The third kappa shape index (κ3) is 2.85. The van der Waals surface area contributed by atoms with Crippen LogP contribution >= 0.6 is 23.1 Å². The summed E-state index contributed by atoms with van der Waals surface area (Å²) in [7, 11) is 0. The van der Waals surface area contributed by atoms with Gasteiger partial charge in [-0.3, -0.25) is 9.97 Å². The lowest BCUT2D eigenvalue weighted by molar-refractivity contribution is 1.01. The van der Waals surface area contributed by atoms with Gasteiger partial charge in [-0.1, -0.05) is 11.8 Å². The Hall–Kier alpha value is -1.66. The lowest BCUT2D eigenvalue weighted by Gasteiger charge is -2.05. The van der Waals surface area contributed by atoms with Gasteiger partial charge in [-0.25, -0.2) is 4.98 Å². The molecule has 96 valence electrons. The van der Waals surface area contributed by atoms with Crippen molar-refractivity contribution in [1.29, 1.82) is 0 Å². The highest BCUT2D eigenvalue weighted by molar-refractivity contribution is 8.00. The van der Waals surface area contributed by atoms with Gasteiger partial charge in [-0.15, -0.1) is 11.3 Å². The fourth-order valence-electron chi connectivity index (χ4n) is 1.71. The topological polar surface area (TPSA) is 50.7 Å². The van der Waals surface area contributed by atoms with Crippen LogP contribution in [-0.2, 0) is 6.54 Å². The highest BCUT2D eigenvalue weighted by atomic mass is 32.2. The molecule has 0 saturated carbocycles. The molecule has 4 nitrogen and oxygen atoms in total. The van der Waals surface area contributed by atoms with Crippen molar-refractivity contribution in [3.8, 4) is 0 Å². The van der Waals surface area contributed by atoms with Crippen molar-refractivity contribution in [3.63, 3.8) is 0 Å². The van der Waals surface area contributed by atoms with Crippen molar-refractivity contribution in [2.45, 2.75) is 10.9 Å². The Bertz CT molecular complexity index is 681. The Morgan fingerprint density at radius 3 is 3.05 bits per heavy atom. The van der Waals surface area contributed by atoms with E-state index >= 15 is 0 Å².